The van der Waals surface area contributed by atoms with Crippen molar-refractivity contribution < 1.29 is 9.13 Å². The Bertz CT molecular complexity index is 587. The molecule has 0 spiro atoms. The molecule has 1 aromatic carbocycles. The molecule has 2 aromatic rings. The van der Waals surface area contributed by atoms with Crippen molar-refractivity contribution in [1.82, 2.24) is 10.3 Å². The number of ether oxygens (including phenoxy) is 1. The third-order valence-corrected chi connectivity index (χ3v) is 3.56. The SMILES string of the molecule is COc1ccc(CNC(CC(C)C)c2cccnc2)cc1F. The summed E-state index contributed by atoms with van der Waals surface area (Å²) in [6.07, 6.45) is 4.66. The molecule has 0 bridgehead atoms. The van der Waals surface area contributed by atoms with Crippen molar-refractivity contribution in [1.29, 1.82) is 0 Å². The predicted octanol–water partition coefficient (Wildman–Crippen LogP) is 4.11. The molecule has 0 aliphatic rings. The van der Waals surface area contributed by atoms with Crippen LogP contribution < -0.4 is 10.1 Å². The number of nitrogens with zero attached hydrogens (tertiary/aromatic N) is 1. The number of methoxy groups -OCH3 is 1. The molecule has 2 rings (SSSR count). The highest BCUT2D eigenvalue weighted by molar-refractivity contribution is 5.29. The zero-order chi connectivity index (χ0) is 15.9. The number of hydrogen-bond acceptors (Lipinski definition) is 3. The molecule has 1 heterocycles. The maximum absolute atomic E-state index is 13.7. The molecule has 0 fully saturated rings. The standard InChI is InChI=1S/C18H23FN2O/c1-13(2)9-17(15-5-4-8-20-12-15)21-11-14-6-7-18(22-3)16(19)10-14/h4-8,10,12-13,17,21H,9,11H2,1-3H3. The molecule has 0 saturated carbocycles. The van der Waals surface area contributed by atoms with E-state index in [1.165, 1.54) is 13.2 Å². The zero-order valence-electron chi connectivity index (χ0n) is 13.3. The highest BCUT2D eigenvalue weighted by Gasteiger charge is 2.13. The van der Waals surface area contributed by atoms with Crippen LogP contribution in [0.3, 0.4) is 0 Å². The second-order valence-electron chi connectivity index (χ2n) is 5.82. The van der Waals surface area contributed by atoms with E-state index < -0.39 is 0 Å². The Kier molecular flexibility index (Phi) is 5.90. The maximum Gasteiger partial charge on any atom is 0.165 e. The van der Waals surface area contributed by atoms with Gasteiger partial charge in [-0.2, -0.15) is 0 Å². The van der Waals surface area contributed by atoms with E-state index in [2.05, 4.69) is 30.2 Å². The fourth-order valence-electron chi connectivity index (χ4n) is 2.45. The maximum atomic E-state index is 13.7. The van der Waals surface area contributed by atoms with Gasteiger partial charge in [0.1, 0.15) is 0 Å². The average molecular weight is 302 g/mol. The molecule has 1 unspecified atom stereocenters. The van der Waals surface area contributed by atoms with Crippen LogP contribution in [0.4, 0.5) is 4.39 Å². The minimum absolute atomic E-state index is 0.207. The first-order valence-electron chi connectivity index (χ1n) is 7.56. The van der Waals surface area contributed by atoms with Crippen molar-refractivity contribution in [3.63, 3.8) is 0 Å². The number of aromatic nitrogens is 1. The second kappa shape index (κ2) is 7.90. The molecular weight excluding hydrogens is 279 g/mol. The highest BCUT2D eigenvalue weighted by atomic mass is 19.1. The monoisotopic (exact) mass is 302 g/mol. The van der Waals surface area contributed by atoms with E-state index in [1.54, 1.807) is 12.3 Å². The summed E-state index contributed by atoms with van der Waals surface area (Å²) in [4.78, 5) is 4.19. The van der Waals surface area contributed by atoms with Crippen LogP contribution in [0.15, 0.2) is 42.7 Å². The van der Waals surface area contributed by atoms with Crippen LogP contribution in [0.25, 0.3) is 0 Å². The lowest BCUT2D eigenvalue weighted by atomic mass is 9.98. The van der Waals surface area contributed by atoms with Gasteiger partial charge >= 0.3 is 0 Å². The Hall–Kier alpha value is -1.94. The van der Waals surface area contributed by atoms with Gasteiger partial charge in [0.05, 0.1) is 7.11 Å². The first-order valence-corrected chi connectivity index (χ1v) is 7.56. The van der Waals surface area contributed by atoms with Gasteiger partial charge in [0, 0.05) is 25.0 Å². The van der Waals surface area contributed by atoms with E-state index in [4.69, 9.17) is 4.74 Å². The molecule has 4 heteroatoms. The Morgan fingerprint density at radius 3 is 2.68 bits per heavy atom. The molecule has 0 amide bonds. The predicted molar refractivity (Wildman–Crippen MR) is 86.2 cm³/mol. The molecule has 0 aliphatic carbocycles. The van der Waals surface area contributed by atoms with E-state index in [0.717, 1.165) is 17.5 Å². The van der Waals surface area contributed by atoms with Gasteiger partial charge in [-0.3, -0.25) is 4.98 Å². The Morgan fingerprint density at radius 1 is 1.27 bits per heavy atom. The summed E-state index contributed by atoms with van der Waals surface area (Å²) in [5.41, 5.74) is 2.06. The molecule has 118 valence electrons. The zero-order valence-corrected chi connectivity index (χ0v) is 13.3. The Labute approximate surface area is 131 Å². The van der Waals surface area contributed by atoms with Gasteiger partial charge < -0.3 is 10.1 Å². The third-order valence-electron chi connectivity index (χ3n) is 3.56. The van der Waals surface area contributed by atoms with Crippen LogP contribution in [0.5, 0.6) is 5.75 Å². The fraction of sp³-hybridized carbons (Fsp3) is 0.389. The van der Waals surface area contributed by atoms with E-state index in [1.807, 2.05) is 18.3 Å². The van der Waals surface area contributed by atoms with Crippen LogP contribution in [0.2, 0.25) is 0 Å². The van der Waals surface area contributed by atoms with Gasteiger partial charge in [-0.05, 0) is 41.7 Å². The van der Waals surface area contributed by atoms with E-state index in [0.29, 0.717) is 12.5 Å². The fourth-order valence-corrected chi connectivity index (χ4v) is 2.45. The van der Waals surface area contributed by atoms with Gasteiger partial charge in [0.15, 0.2) is 11.6 Å². The van der Waals surface area contributed by atoms with Crippen molar-refractivity contribution in [2.75, 3.05) is 7.11 Å². The lowest BCUT2D eigenvalue weighted by Crippen LogP contribution is -2.22. The quantitative estimate of drug-likeness (QED) is 0.836. The van der Waals surface area contributed by atoms with E-state index in [-0.39, 0.29) is 17.6 Å². The number of rotatable bonds is 7. The molecule has 1 N–H and O–H groups in total. The van der Waals surface area contributed by atoms with Crippen molar-refractivity contribution in [2.24, 2.45) is 5.92 Å². The van der Waals surface area contributed by atoms with Crippen LogP contribution in [0.1, 0.15) is 37.4 Å². The molecule has 1 aromatic heterocycles. The summed E-state index contributed by atoms with van der Waals surface area (Å²) in [6, 6.07) is 9.28. The van der Waals surface area contributed by atoms with Crippen LogP contribution in [-0.4, -0.2) is 12.1 Å². The molecule has 3 nitrogen and oxygen atoms in total. The molecule has 0 radical (unpaired) electrons. The lowest BCUT2D eigenvalue weighted by Gasteiger charge is -2.21. The summed E-state index contributed by atoms with van der Waals surface area (Å²) in [5.74, 6) is 0.503. The normalized spacial score (nSPS) is 12.4. The minimum Gasteiger partial charge on any atom is -0.494 e. The largest absolute Gasteiger partial charge is 0.494 e. The van der Waals surface area contributed by atoms with Crippen LogP contribution in [0, 0.1) is 11.7 Å². The van der Waals surface area contributed by atoms with Crippen LogP contribution in [-0.2, 0) is 6.54 Å². The first kappa shape index (κ1) is 16.4. The van der Waals surface area contributed by atoms with Crippen molar-refractivity contribution in [2.45, 2.75) is 32.9 Å². The Morgan fingerprint density at radius 2 is 2.09 bits per heavy atom. The van der Waals surface area contributed by atoms with Crippen molar-refractivity contribution in [3.05, 3.63) is 59.7 Å². The summed E-state index contributed by atoms with van der Waals surface area (Å²) >= 11 is 0. The highest BCUT2D eigenvalue weighted by Crippen LogP contribution is 2.22. The molecular formula is C18H23FN2O. The van der Waals surface area contributed by atoms with Gasteiger partial charge in [-0.15, -0.1) is 0 Å². The van der Waals surface area contributed by atoms with Crippen molar-refractivity contribution in [3.8, 4) is 5.75 Å². The minimum atomic E-state index is -0.330. The average Bonchev–Trinajstić information content (AvgIpc) is 2.52. The molecule has 0 saturated heterocycles. The van der Waals surface area contributed by atoms with Gasteiger partial charge in [0.25, 0.3) is 0 Å². The molecule has 0 aliphatic heterocycles. The van der Waals surface area contributed by atoms with Crippen LogP contribution >= 0.6 is 0 Å². The van der Waals surface area contributed by atoms with E-state index >= 15 is 0 Å². The number of pyridine rings is 1. The number of nitrogens with one attached hydrogen (secondary N) is 1. The summed E-state index contributed by atoms with van der Waals surface area (Å²) < 4.78 is 18.7. The second-order valence-corrected chi connectivity index (χ2v) is 5.82. The number of benzene rings is 1. The Balaban J connectivity index is 2.06. The first-order chi connectivity index (χ1) is 10.6. The van der Waals surface area contributed by atoms with Crippen molar-refractivity contribution >= 4 is 0 Å². The summed E-state index contributed by atoms with van der Waals surface area (Å²) in [6.45, 7) is 4.99. The third kappa shape index (κ3) is 4.53. The van der Waals surface area contributed by atoms with Gasteiger partial charge in [-0.25, -0.2) is 4.39 Å². The topological polar surface area (TPSA) is 34.1 Å². The van der Waals surface area contributed by atoms with Gasteiger partial charge in [0.2, 0.25) is 0 Å². The number of halogens is 1. The smallest absolute Gasteiger partial charge is 0.165 e. The molecule has 22 heavy (non-hydrogen) atoms. The number of hydrogen-bond donors (Lipinski definition) is 1. The summed E-state index contributed by atoms with van der Waals surface area (Å²) in [7, 11) is 1.47. The van der Waals surface area contributed by atoms with E-state index in [9.17, 15) is 4.39 Å². The lowest BCUT2D eigenvalue weighted by molar-refractivity contribution is 0.385. The van der Waals surface area contributed by atoms with Gasteiger partial charge in [-0.1, -0.05) is 26.0 Å². The molecule has 1 atom stereocenters. The summed E-state index contributed by atoms with van der Waals surface area (Å²) in [5, 5.41) is 3.50.